The largest absolute Gasteiger partial charge is 0.522 e. The Morgan fingerprint density at radius 1 is 1.37 bits per heavy atom. The molecule has 4 unspecified atom stereocenters. The molecule has 1 saturated heterocycles. The summed E-state index contributed by atoms with van der Waals surface area (Å²) in [5.74, 6) is -0.987. The first-order valence-corrected chi connectivity index (χ1v) is 9.07. The molecule has 2 amide bonds. The van der Waals surface area contributed by atoms with Gasteiger partial charge in [0.25, 0.3) is 5.91 Å². The SMILES string of the molecule is O=C(NO)C1=CC2C(CC1)OCC(=O)N2CC1CCCC(OC(F)(F)F)C1. The number of rotatable bonds is 4. The van der Waals surface area contributed by atoms with Crippen molar-refractivity contribution in [1.82, 2.24) is 10.4 Å². The van der Waals surface area contributed by atoms with Crippen molar-refractivity contribution in [3.8, 4) is 0 Å². The van der Waals surface area contributed by atoms with Crippen molar-refractivity contribution >= 4 is 11.8 Å². The highest BCUT2D eigenvalue weighted by molar-refractivity contribution is 5.93. The van der Waals surface area contributed by atoms with Gasteiger partial charge in [-0.05, 0) is 38.0 Å². The maximum absolute atomic E-state index is 12.5. The number of halogens is 3. The van der Waals surface area contributed by atoms with E-state index in [1.165, 1.54) is 0 Å². The van der Waals surface area contributed by atoms with E-state index in [1.54, 1.807) is 16.5 Å². The van der Waals surface area contributed by atoms with Crippen LogP contribution in [0.1, 0.15) is 38.5 Å². The van der Waals surface area contributed by atoms with Gasteiger partial charge in [-0.1, -0.05) is 12.5 Å². The minimum absolute atomic E-state index is 0.0776. The molecule has 152 valence electrons. The summed E-state index contributed by atoms with van der Waals surface area (Å²) in [7, 11) is 0. The molecule has 3 aliphatic rings. The monoisotopic (exact) mass is 392 g/mol. The minimum Gasteiger partial charge on any atom is -0.366 e. The number of hydrogen-bond donors (Lipinski definition) is 2. The molecular weight excluding hydrogens is 369 g/mol. The summed E-state index contributed by atoms with van der Waals surface area (Å²) in [5, 5.41) is 8.83. The average molecular weight is 392 g/mol. The number of amides is 2. The van der Waals surface area contributed by atoms with Crippen LogP contribution in [0.4, 0.5) is 13.2 Å². The smallest absolute Gasteiger partial charge is 0.366 e. The fourth-order valence-corrected chi connectivity index (χ4v) is 4.23. The van der Waals surface area contributed by atoms with Crippen molar-refractivity contribution in [2.45, 2.75) is 63.1 Å². The van der Waals surface area contributed by atoms with Gasteiger partial charge >= 0.3 is 6.36 Å². The Hall–Kier alpha value is -1.65. The highest BCUT2D eigenvalue weighted by Gasteiger charge is 2.41. The van der Waals surface area contributed by atoms with Gasteiger partial charge in [-0.15, -0.1) is 13.2 Å². The van der Waals surface area contributed by atoms with E-state index < -0.39 is 24.4 Å². The summed E-state index contributed by atoms with van der Waals surface area (Å²) in [5.41, 5.74) is 1.96. The van der Waals surface area contributed by atoms with Gasteiger partial charge in [0.15, 0.2) is 0 Å². The maximum Gasteiger partial charge on any atom is 0.522 e. The summed E-state index contributed by atoms with van der Waals surface area (Å²) in [6.45, 7) is 0.220. The molecule has 2 fully saturated rings. The van der Waals surface area contributed by atoms with Crippen molar-refractivity contribution in [3.05, 3.63) is 11.6 Å². The van der Waals surface area contributed by atoms with E-state index in [0.29, 0.717) is 44.2 Å². The number of morpholine rings is 1. The second-order valence-electron chi connectivity index (χ2n) is 7.28. The van der Waals surface area contributed by atoms with Gasteiger partial charge in [-0.2, -0.15) is 0 Å². The maximum atomic E-state index is 12.5. The van der Waals surface area contributed by atoms with Gasteiger partial charge < -0.3 is 9.64 Å². The summed E-state index contributed by atoms with van der Waals surface area (Å²) in [6.07, 6.45) is -1.36. The van der Waals surface area contributed by atoms with E-state index in [2.05, 4.69) is 4.74 Å². The van der Waals surface area contributed by atoms with Gasteiger partial charge in [-0.3, -0.25) is 19.5 Å². The summed E-state index contributed by atoms with van der Waals surface area (Å²) in [4.78, 5) is 25.7. The lowest BCUT2D eigenvalue weighted by Crippen LogP contribution is -2.56. The first-order valence-electron chi connectivity index (χ1n) is 9.07. The zero-order chi connectivity index (χ0) is 19.6. The number of nitrogens with one attached hydrogen (secondary N) is 1. The van der Waals surface area contributed by atoms with Crippen molar-refractivity contribution < 1.29 is 37.4 Å². The molecule has 7 nitrogen and oxygen atoms in total. The first kappa shape index (κ1) is 20.1. The van der Waals surface area contributed by atoms with Crippen LogP contribution in [0.3, 0.4) is 0 Å². The summed E-state index contributed by atoms with van der Waals surface area (Å²) in [6, 6.07) is -0.462. The van der Waals surface area contributed by atoms with Gasteiger partial charge in [0.2, 0.25) is 5.91 Å². The molecule has 27 heavy (non-hydrogen) atoms. The highest BCUT2D eigenvalue weighted by atomic mass is 19.4. The number of ether oxygens (including phenoxy) is 2. The summed E-state index contributed by atoms with van der Waals surface area (Å²) >= 11 is 0. The van der Waals surface area contributed by atoms with Crippen LogP contribution in [0, 0.1) is 5.92 Å². The van der Waals surface area contributed by atoms with E-state index in [9.17, 15) is 22.8 Å². The molecule has 1 aliphatic heterocycles. The molecule has 0 aromatic carbocycles. The number of carbonyl (C=O) groups excluding carboxylic acids is 2. The van der Waals surface area contributed by atoms with E-state index in [0.717, 1.165) is 0 Å². The van der Waals surface area contributed by atoms with Crippen LogP contribution in [0.2, 0.25) is 0 Å². The third-order valence-electron chi connectivity index (χ3n) is 5.44. The number of nitrogens with zero attached hydrogens (tertiary/aromatic N) is 1. The Morgan fingerprint density at radius 2 is 2.15 bits per heavy atom. The average Bonchev–Trinajstić information content (AvgIpc) is 2.62. The van der Waals surface area contributed by atoms with Crippen LogP contribution in [0.15, 0.2) is 11.6 Å². The second kappa shape index (κ2) is 8.15. The van der Waals surface area contributed by atoms with Crippen LogP contribution in [0.25, 0.3) is 0 Å². The third kappa shape index (κ3) is 4.99. The molecular formula is C17H23F3N2O5. The Bertz CT molecular complexity index is 610. The molecule has 10 heteroatoms. The quantitative estimate of drug-likeness (QED) is 0.564. The zero-order valence-corrected chi connectivity index (χ0v) is 14.7. The van der Waals surface area contributed by atoms with Crippen LogP contribution in [0.5, 0.6) is 0 Å². The lowest BCUT2D eigenvalue weighted by molar-refractivity contribution is -0.346. The first-order chi connectivity index (χ1) is 12.8. The van der Waals surface area contributed by atoms with Gasteiger partial charge in [-0.25, -0.2) is 5.48 Å². The molecule has 0 radical (unpaired) electrons. The number of alkyl halides is 3. The van der Waals surface area contributed by atoms with Gasteiger partial charge in [0.05, 0.1) is 18.2 Å². The zero-order valence-electron chi connectivity index (χ0n) is 14.7. The fourth-order valence-electron chi connectivity index (χ4n) is 4.23. The highest BCUT2D eigenvalue weighted by Crippen LogP contribution is 2.34. The van der Waals surface area contributed by atoms with Crippen LogP contribution >= 0.6 is 0 Å². The van der Waals surface area contributed by atoms with Crippen LogP contribution in [-0.4, -0.2) is 59.7 Å². The fraction of sp³-hybridized carbons (Fsp3) is 0.765. The Kier molecular flexibility index (Phi) is 6.07. The lowest BCUT2D eigenvalue weighted by atomic mass is 9.85. The molecule has 2 aliphatic carbocycles. The van der Waals surface area contributed by atoms with E-state index in [-0.39, 0.29) is 31.0 Å². The molecule has 0 aromatic heterocycles. The van der Waals surface area contributed by atoms with Crippen molar-refractivity contribution in [2.75, 3.05) is 13.2 Å². The predicted molar refractivity (Wildman–Crippen MR) is 85.4 cm³/mol. The van der Waals surface area contributed by atoms with E-state index in [1.807, 2.05) is 0 Å². The second-order valence-corrected chi connectivity index (χ2v) is 7.28. The number of hydrogen-bond acceptors (Lipinski definition) is 5. The standard InChI is InChI=1S/C17H23F3N2O5/c18-17(19,20)27-12-3-1-2-10(6-12)8-22-13-7-11(16(24)21-25)4-5-14(13)26-9-15(22)23/h7,10,12-14,25H,1-6,8-9H2,(H,21,24). The number of hydroxylamine groups is 1. The third-order valence-corrected chi connectivity index (χ3v) is 5.44. The van der Waals surface area contributed by atoms with Crippen LogP contribution < -0.4 is 5.48 Å². The normalized spacial score (nSPS) is 31.9. The molecule has 2 N–H and O–H groups in total. The van der Waals surface area contributed by atoms with Crippen molar-refractivity contribution in [3.63, 3.8) is 0 Å². The minimum atomic E-state index is -4.66. The predicted octanol–water partition coefficient (Wildman–Crippen LogP) is 1.90. The molecule has 0 aromatic rings. The lowest BCUT2D eigenvalue weighted by Gasteiger charge is -2.44. The Labute approximate surface area is 154 Å². The molecule has 0 bridgehead atoms. The van der Waals surface area contributed by atoms with Crippen LogP contribution in [-0.2, 0) is 19.1 Å². The van der Waals surface area contributed by atoms with E-state index >= 15 is 0 Å². The summed E-state index contributed by atoms with van der Waals surface area (Å²) < 4.78 is 47.2. The topological polar surface area (TPSA) is 88.1 Å². The number of carbonyl (C=O) groups is 2. The van der Waals surface area contributed by atoms with Gasteiger partial charge in [0, 0.05) is 12.1 Å². The van der Waals surface area contributed by atoms with Crippen molar-refractivity contribution in [2.24, 2.45) is 5.92 Å². The van der Waals surface area contributed by atoms with E-state index in [4.69, 9.17) is 9.94 Å². The molecule has 1 heterocycles. The van der Waals surface area contributed by atoms with Crippen molar-refractivity contribution in [1.29, 1.82) is 0 Å². The Morgan fingerprint density at radius 3 is 2.85 bits per heavy atom. The molecule has 3 rings (SSSR count). The molecule has 0 spiro atoms. The molecule has 1 saturated carbocycles. The van der Waals surface area contributed by atoms with Gasteiger partial charge in [0.1, 0.15) is 6.61 Å². The Balaban J connectivity index is 1.69. The molecule has 4 atom stereocenters. The number of fused-ring (bicyclic) bond motifs is 1.